The monoisotopic (exact) mass is 765 g/mol. The van der Waals surface area contributed by atoms with Gasteiger partial charge in [-0.1, -0.05) is 146 Å². The number of fused-ring (bicyclic) bond motifs is 12. The molecule has 10 aromatic carbocycles. The molecule has 3 aromatic heterocycles. The average molecular weight is 766 g/mol. The van der Waals surface area contributed by atoms with E-state index in [4.69, 9.17) is 23.8 Å². The summed E-state index contributed by atoms with van der Waals surface area (Å²) in [5.41, 5.74) is 8.43. The minimum absolute atomic E-state index is 0.587. The van der Waals surface area contributed by atoms with Gasteiger partial charge in [-0.2, -0.15) is 0 Å². The van der Waals surface area contributed by atoms with Crippen molar-refractivity contribution in [1.29, 1.82) is 0 Å². The van der Waals surface area contributed by atoms with Gasteiger partial charge in [-0.25, -0.2) is 15.0 Å². The van der Waals surface area contributed by atoms with E-state index in [1.54, 1.807) is 0 Å². The number of hydrogen-bond donors (Lipinski definition) is 0. The van der Waals surface area contributed by atoms with Crippen LogP contribution in [-0.2, 0) is 0 Å². The van der Waals surface area contributed by atoms with E-state index >= 15 is 0 Å². The number of hydrogen-bond acceptors (Lipinski definition) is 5. The average Bonchev–Trinajstić information content (AvgIpc) is 3.90. The normalized spacial score (nSPS) is 12.0. The summed E-state index contributed by atoms with van der Waals surface area (Å²) in [6, 6.07) is 65.7. The number of rotatable bonds is 4. The lowest BCUT2D eigenvalue weighted by Gasteiger charge is -2.15. The lowest BCUT2D eigenvalue weighted by Crippen LogP contribution is -2.01. The molecule has 3 heterocycles. The Labute approximate surface area is 342 Å². The van der Waals surface area contributed by atoms with Gasteiger partial charge >= 0.3 is 0 Å². The maximum atomic E-state index is 6.35. The van der Waals surface area contributed by atoms with Crippen LogP contribution in [0.15, 0.2) is 197 Å². The first-order valence-electron chi connectivity index (χ1n) is 20.2. The van der Waals surface area contributed by atoms with Gasteiger partial charge in [0.2, 0.25) is 0 Å². The SMILES string of the molecule is c1ccc2c(c1)cc(-c1nc(-c3ccc(-c4ccc5ccc6oc7ccccc7c6c5c4)c4ccccc34)nc(-c3cccc4oc5ccccc5c34)n1)c1ccccc12. The van der Waals surface area contributed by atoms with Crippen LogP contribution in [0.5, 0.6) is 0 Å². The number of furan rings is 2. The lowest BCUT2D eigenvalue weighted by atomic mass is 9.92. The first kappa shape index (κ1) is 32.9. The van der Waals surface area contributed by atoms with E-state index in [1.165, 1.54) is 16.2 Å². The predicted octanol–water partition coefficient (Wildman–Crippen LogP) is 15.0. The van der Waals surface area contributed by atoms with E-state index < -0.39 is 0 Å². The summed E-state index contributed by atoms with van der Waals surface area (Å²) in [7, 11) is 0. The Hall–Kier alpha value is -8.15. The highest BCUT2D eigenvalue weighted by molar-refractivity contribution is 6.20. The third-order valence-electron chi connectivity index (χ3n) is 12.1. The minimum Gasteiger partial charge on any atom is -0.456 e. The Balaban J connectivity index is 1.07. The Kier molecular flexibility index (Phi) is 6.95. The van der Waals surface area contributed by atoms with Gasteiger partial charge < -0.3 is 8.83 Å². The van der Waals surface area contributed by atoms with E-state index in [0.29, 0.717) is 17.5 Å². The molecular weight excluding hydrogens is 735 g/mol. The summed E-state index contributed by atoms with van der Waals surface area (Å²) >= 11 is 0. The smallest absolute Gasteiger partial charge is 0.164 e. The first-order chi connectivity index (χ1) is 29.7. The van der Waals surface area contributed by atoms with Crippen molar-refractivity contribution in [3.63, 3.8) is 0 Å². The van der Waals surface area contributed by atoms with Crippen LogP contribution in [0.3, 0.4) is 0 Å². The van der Waals surface area contributed by atoms with Gasteiger partial charge in [0.05, 0.1) is 0 Å². The molecule has 60 heavy (non-hydrogen) atoms. The van der Waals surface area contributed by atoms with Crippen molar-refractivity contribution < 1.29 is 8.83 Å². The number of aromatic nitrogens is 3. The molecule has 0 radical (unpaired) electrons. The van der Waals surface area contributed by atoms with Crippen LogP contribution in [0.4, 0.5) is 0 Å². The zero-order valence-electron chi connectivity index (χ0n) is 32.1. The Morgan fingerprint density at radius 3 is 1.53 bits per heavy atom. The third-order valence-corrected chi connectivity index (χ3v) is 12.1. The predicted molar refractivity (Wildman–Crippen MR) is 246 cm³/mol. The lowest BCUT2D eigenvalue weighted by molar-refractivity contribution is 0.668. The second-order valence-electron chi connectivity index (χ2n) is 15.5. The summed E-state index contributed by atoms with van der Waals surface area (Å²) in [6.07, 6.45) is 0. The topological polar surface area (TPSA) is 65.0 Å². The van der Waals surface area contributed by atoms with E-state index in [9.17, 15) is 0 Å². The zero-order valence-corrected chi connectivity index (χ0v) is 32.1. The molecule has 0 aliphatic heterocycles. The molecule has 0 unspecified atom stereocenters. The summed E-state index contributed by atoms with van der Waals surface area (Å²) in [5.74, 6) is 1.80. The van der Waals surface area contributed by atoms with Gasteiger partial charge in [0.25, 0.3) is 0 Å². The van der Waals surface area contributed by atoms with E-state index in [0.717, 1.165) is 98.6 Å². The molecule has 0 bridgehead atoms. The molecule has 0 spiro atoms. The quantitative estimate of drug-likeness (QED) is 0.167. The fraction of sp³-hybridized carbons (Fsp3) is 0. The number of nitrogens with zero attached hydrogens (tertiary/aromatic N) is 3. The molecule has 0 saturated heterocycles. The fourth-order valence-electron chi connectivity index (χ4n) is 9.39. The maximum absolute atomic E-state index is 6.35. The van der Waals surface area contributed by atoms with Gasteiger partial charge in [0.1, 0.15) is 22.3 Å². The van der Waals surface area contributed by atoms with Gasteiger partial charge in [0.15, 0.2) is 17.5 Å². The minimum atomic E-state index is 0.587. The molecule has 0 aliphatic rings. The standard InChI is InChI=1S/C55H31N3O2/c1-2-13-35-33(12-1)31-46(40-17-6-4-14-37(35)40)55-57-53(56-54(58-55)44-20-11-23-49-51(44)42-18-7-9-21-47(42)59-49)41-28-27-36(38-15-3-5-16-39(38)41)34-25-24-32-26-29-50-52(45(32)30-34)43-19-8-10-22-48(43)60-50/h1-31H. The van der Waals surface area contributed by atoms with Crippen molar-refractivity contribution >= 4 is 87.0 Å². The van der Waals surface area contributed by atoms with E-state index in [1.807, 2.05) is 42.5 Å². The first-order valence-corrected chi connectivity index (χ1v) is 20.2. The van der Waals surface area contributed by atoms with Crippen molar-refractivity contribution in [3.05, 3.63) is 188 Å². The fourth-order valence-corrected chi connectivity index (χ4v) is 9.39. The van der Waals surface area contributed by atoms with Crippen molar-refractivity contribution in [2.24, 2.45) is 0 Å². The van der Waals surface area contributed by atoms with Crippen molar-refractivity contribution in [2.75, 3.05) is 0 Å². The van der Waals surface area contributed by atoms with Gasteiger partial charge in [0, 0.05) is 38.2 Å². The molecule has 13 rings (SSSR count). The number of benzene rings is 10. The summed E-state index contributed by atoms with van der Waals surface area (Å²) < 4.78 is 12.6. The van der Waals surface area contributed by atoms with Crippen LogP contribution in [0.1, 0.15) is 0 Å². The number of para-hydroxylation sites is 2. The van der Waals surface area contributed by atoms with Crippen LogP contribution < -0.4 is 0 Å². The van der Waals surface area contributed by atoms with E-state index in [-0.39, 0.29) is 0 Å². The second kappa shape index (κ2) is 12.7. The summed E-state index contributed by atoms with van der Waals surface area (Å²) in [6.45, 7) is 0. The summed E-state index contributed by atoms with van der Waals surface area (Å²) in [4.78, 5) is 16.1. The molecule has 5 heteroatoms. The molecule has 0 amide bonds. The molecular formula is C55H31N3O2. The molecule has 278 valence electrons. The van der Waals surface area contributed by atoms with Crippen molar-refractivity contribution in [2.45, 2.75) is 0 Å². The highest BCUT2D eigenvalue weighted by atomic mass is 16.3. The van der Waals surface area contributed by atoms with Crippen molar-refractivity contribution in [1.82, 2.24) is 15.0 Å². The van der Waals surface area contributed by atoms with E-state index in [2.05, 4.69) is 146 Å². The van der Waals surface area contributed by atoms with Gasteiger partial charge in [-0.05, 0) is 96.7 Å². The Morgan fingerprint density at radius 2 is 0.783 bits per heavy atom. The molecule has 0 atom stereocenters. The van der Waals surface area contributed by atoms with Gasteiger partial charge in [-0.3, -0.25) is 0 Å². The van der Waals surface area contributed by atoms with Crippen LogP contribution in [0.2, 0.25) is 0 Å². The van der Waals surface area contributed by atoms with Crippen LogP contribution in [0, 0.1) is 0 Å². The highest BCUT2D eigenvalue weighted by Gasteiger charge is 2.21. The Morgan fingerprint density at radius 1 is 0.267 bits per heavy atom. The summed E-state index contributed by atoms with van der Waals surface area (Å²) in [5, 5.41) is 13.3. The molecule has 0 saturated carbocycles. The van der Waals surface area contributed by atoms with Crippen molar-refractivity contribution in [3.8, 4) is 45.3 Å². The Bertz CT molecular complexity index is 3910. The molecule has 0 fully saturated rings. The molecule has 5 nitrogen and oxygen atoms in total. The molecule has 0 N–H and O–H groups in total. The van der Waals surface area contributed by atoms with Crippen LogP contribution in [0.25, 0.3) is 132 Å². The second-order valence-corrected chi connectivity index (χ2v) is 15.5. The highest BCUT2D eigenvalue weighted by Crippen LogP contribution is 2.42. The van der Waals surface area contributed by atoms with Gasteiger partial charge in [-0.15, -0.1) is 0 Å². The maximum Gasteiger partial charge on any atom is 0.164 e. The largest absolute Gasteiger partial charge is 0.456 e. The van der Waals surface area contributed by atoms with Crippen LogP contribution >= 0.6 is 0 Å². The molecule has 0 aliphatic carbocycles. The van der Waals surface area contributed by atoms with Crippen LogP contribution in [-0.4, -0.2) is 15.0 Å². The third kappa shape index (κ3) is 4.90. The molecule has 13 aromatic rings. The zero-order chi connectivity index (χ0) is 39.3.